The van der Waals surface area contributed by atoms with Crippen molar-refractivity contribution < 1.29 is 17.6 Å². The predicted molar refractivity (Wildman–Crippen MR) is 100 cm³/mol. The first-order valence-electron chi connectivity index (χ1n) is 7.69. The molecule has 8 heteroatoms. The number of halogens is 2. The molecule has 0 aliphatic carbocycles. The third kappa shape index (κ3) is 3.85. The maximum Gasteiger partial charge on any atom is 0.253 e. The van der Waals surface area contributed by atoms with Gasteiger partial charge >= 0.3 is 0 Å². The van der Waals surface area contributed by atoms with E-state index in [-0.39, 0.29) is 37.0 Å². The maximum atomic E-state index is 13.8. The summed E-state index contributed by atoms with van der Waals surface area (Å²) in [6.45, 7) is 0.842. The van der Waals surface area contributed by atoms with E-state index in [9.17, 15) is 17.6 Å². The van der Waals surface area contributed by atoms with Crippen LogP contribution < -0.4 is 0 Å². The van der Waals surface area contributed by atoms with E-state index in [0.29, 0.717) is 5.56 Å². The molecule has 0 radical (unpaired) electrons. The van der Waals surface area contributed by atoms with Crippen LogP contribution in [0.15, 0.2) is 53.4 Å². The third-order valence-corrected chi connectivity index (χ3v) is 6.65. The summed E-state index contributed by atoms with van der Waals surface area (Å²) in [6.07, 6.45) is 0. The number of carbonyl (C=O) groups is 1. The van der Waals surface area contributed by atoms with Crippen LogP contribution in [0.2, 0.25) is 0 Å². The Kier molecular flexibility index (Phi) is 5.40. The summed E-state index contributed by atoms with van der Waals surface area (Å²) in [7, 11) is -3.89. The van der Waals surface area contributed by atoms with Gasteiger partial charge in [0.1, 0.15) is 10.7 Å². The molecule has 1 aliphatic rings. The van der Waals surface area contributed by atoms with E-state index in [4.69, 9.17) is 0 Å². The van der Waals surface area contributed by atoms with Crippen LogP contribution in [0, 0.1) is 9.39 Å². The Balaban J connectivity index is 1.72. The third-order valence-electron chi connectivity index (χ3n) is 4.05. The minimum atomic E-state index is -3.89. The lowest BCUT2D eigenvalue weighted by molar-refractivity contribution is 0.0697. The first-order chi connectivity index (χ1) is 11.9. The highest BCUT2D eigenvalue weighted by molar-refractivity contribution is 14.1. The Hall–Kier alpha value is -1.52. The number of benzene rings is 2. The molecule has 0 N–H and O–H groups in total. The van der Waals surface area contributed by atoms with Gasteiger partial charge in [0.2, 0.25) is 10.0 Å². The van der Waals surface area contributed by atoms with E-state index in [1.807, 2.05) is 12.1 Å². The first kappa shape index (κ1) is 18.3. The number of sulfonamides is 1. The van der Waals surface area contributed by atoms with Crippen molar-refractivity contribution in [3.63, 3.8) is 0 Å². The molecule has 1 saturated heterocycles. The molecule has 1 heterocycles. The SMILES string of the molecule is O=C(c1cccc(I)c1)N1CCN(S(=O)(=O)c2ccccc2F)CC1. The highest BCUT2D eigenvalue weighted by atomic mass is 127. The molecule has 0 atom stereocenters. The first-order valence-corrected chi connectivity index (χ1v) is 10.2. The number of carbonyl (C=O) groups excluding carboxylic acids is 1. The zero-order valence-electron chi connectivity index (χ0n) is 13.2. The summed E-state index contributed by atoms with van der Waals surface area (Å²) in [4.78, 5) is 13.8. The van der Waals surface area contributed by atoms with Crippen molar-refractivity contribution in [2.45, 2.75) is 4.90 Å². The van der Waals surface area contributed by atoms with E-state index in [2.05, 4.69) is 22.6 Å². The fraction of sp³-hybridized carbons (Fsp3) is 0.235. The maximum absolute atomic E-state index is 13.8. The molecule has 25 heavy (non-hydrogen) atoms. The van der Waals surface area contributed by atoms with Gasteiger partial charge in [-0.25, -0.2) is 12.8 Å². The molecule has 1 aliphatic heterocycles. The second-order valence-corrected chi connectivity index (χ2v) is 8.79. The molecule has 3 rings (SSSR count). The van der Waals surface area contributed by atoms with Crippen LogP contribution >= 0.6 is 22.6 Å². The number of amides is 1. The van der Waals surface area contributed by atoms with E-state index in [0.717, 1.165) is 9.64 Å². The van der Waals surface area contributed by atoms with Gasteiger partial charge in [0.15, 0.2) is 0 Å². The Morgan fingerprint density at radius 2 is 1.68 bits per heavy atom. The minimum absolute atomic E-state index is 0.124. The van der Waals surface area contributed by atoms with Crippen molar-refractivity contribution in [2.24, 2.45) is 0 Å². The topological polar surface area (TPSA) is 57.7 Å². The van der Waals surface area contributed by atoms with Crippen molar-refractivity contribution in [3.8, 4) is 0 Å². The smallest absolute Gasteiger partial charge is 0.253 e. The number of nitrogens with zero attached hydrogens (tertiary/aromatic N) is 2. The summed E-state index contributed by atoms with van der Waals surface area (Å²) in [5.74, 6) is -0.888. The van der Waals surface area contributed by atoms with Crippen molar-refractivity contribution in [2.75, 3.05) is 26.2 Å². The van der Waals surface area contributed by atoms with Gasteiger partial charge in [-0.15, -0.1) is 0 Å². The number of hydrogen-bond donors (Lipinski definition) is 0. The molecule has 0 aromatic heterocycles. The summed E-state index contributed by atoms with van der Waals surface area (Å²) in [6, 6.07) is 12.6. The van der Waals surface area contributed by atoms with Crippen LogP contribution in [0.5, 0.6) is 0 Å². The quantitative estimate of drug-likeness (QED) is 0.643. The molecular weight excluding hydrogens is 458 g/mol. The van der Waals surface area contributed by atoms with Crippen molar-refractivity contribution in [1.29, 1.82) is 0 Å². The minimum Gasteiger partial charge on any atom is -0.336 e. The number of rotatable bonds is 3. The fourth-order valence-electron chi connectivity index (χ4n) is 2.73. The van der Waals surface area contributed by atoms with Crippen molar-refractivity contribution in [1.82, 2.24) is 9.21 Å². The molecular formula is C17H16FIN2O3S. The average molecular weight is 474 g/mol. The second kappa shape index (κ2) is 7.38. The van der Waals surface area contributed by atoms with Gasteiger partial charge in [0.25, 0.3) is 5.91 Å². The normalized spacial score (nSPS) is 16.0. The van der Waals surface area contributed by atoms with Gasteiger partial charge in [-0.1, -0.05) is 18.2 Å². The Morgan fingerprint density at radius 3 is 2.32 bits per heavy atom. The van der Waals surface area contributed by atoms with E-state index >= 15 is 0 Å². The summed E-state index contributed by atoms with van der Waals surface area (Å²) in [5.41, 5.74) is 0.581. The van der Waals surface area contributed by atoms with Gasteiger partial charge in [0, 0.05) is 35.3 Å². The van der Waals surface area contributed by atoms with Crippen LogP contribution in [-0.2, 0) is 10.0 Å². The Labute approximate surface area is 159 Å². The molecule has 2 aromatic rings. The zero-order valence-corrected chi connectivity index (χ0v) is 16.2. The van der Waals surface area contributed by atoms with Gasteiger partial charge in [0.05, 0.1) is 0 Å². The van der Waals surface area contributed by atoms with Crippen LogP contribution in [0.3, 0.4) is 0 Å². The summed E-state index contributed by atoms with van der Waals surface area (Å²) >= 11 is 2.14. The molecule has 2 aromatic carbocycles. The highest BCUT2D eigenvalue weighted by Crippen LogP contribution is 2.21. The second-order valence-electron chi connectivity index (χ2n) is 5.64. The molecule has 132 valence electrons. The number of hydrogen-bond acceptors (Lipinski definition) is 3. The lowest BCUT2D eigenvalue weighted by Crippen LogP contribution is -2.50. The van der Waals surface area contributed by atoms with Gasteiger partial charge in [-0.2, -0.15) is 4.31 Å². The predicted octanol–water partition coefficient (Wildman–Crippen LogP) is 2.58. The fourth-order valence-corrected chi connectivity index (χ4v) is 4.76. The highest BCUT2D eigenvalue weighted by Gasteiger charge is 2.31. The Morgan fingerprint density at radius 1 is 1.00 bits per heavy atom. The zero-order chi connectivity index (χ0) is 18.0. The van der Waals surface area contributed by atoms with Crippen LogP contribution in [0.4, 0.5) is 4.39 Å². The van der Waals surface area contributed by atoms with E-state index in [1.54, 1.807) is 17.0 Å². The molecule has 0 unspecified atom stereocenters. The molecule has 1 fully saturated rings. The largest absolute Gasteiger partial charge is 0.336 e. The standard InChI is InChI=1S/C17H16FIN2O3S/c18-15-6-1-2-7-16(15)25(23,24)21-10-8-20(9-11-21)17(22)13-4-3-5-14(19)12-13/h1-7,12H,8-11H2. The average Bonchev–Trinajstić information content (AvgIpc) is 2.61. The lowest BCUT2D eigenvalue weighted by atomic mass is 10.2. The van der Waals surface area contributed by atoms with Gasteiger partial charge in [-0.3, -0.25) is 4.79 Å². The Bertz CT molecular complexity index is 896. The molecule has 0 bridgehead atoms. The monoisotopic (exact) mass is 474 g/mol. The van der Waals surface area contributed by atoms with Gasteiger partial charge in [-0.05, 0) is 52.9 Å². The van der Waals surface area contributed by atoms with Crippen LogP contribution in [-0.4, -0.2) is 49.7 Å². The summed E-state index contributed by atoms with van der Waals surface area (Å²) < 4.78 is 41.2. The summed E-state index contributed by atoms with van der Waals surface area (Å²) in [5, 5.41) is 0. The lowest BCUT2D eigenvalue weighted by Gasteiger charge is -2.34. The molecule has 0 spiro atoms. The van der Waals surface area contributed by atoms with Gasteiger partial charge < -0.3 is 4.90 Å². The van der Waals surface area contributed by atoms with Crippen LogP contribution in [0.25, 0.3) is 0 Å². The van der Waals surface area contributed by atoms with Crippen molar-refractivity contribution >= 4 is 38.5 Å². The molecule has 1 amide bonds. The van der Waals surface area contributed by atoms with Crippen molar-refractivity contribution in [3.05, 3.63) is 63.5 Å². The van der Waals surface area contributed by atoms with Crippen LogP contribution in [0.1, 0.15) is 10.4 Å². The number of piperazine rings is 1. The van der Waals surface area contributed by atoms with E-state index < -0.39 is 15.8 Å². The molecule has 5 nitrogen and oxygen atoms in total. The molecule has 0 saturated carbocycles. The van der Waals surface area contributed by atoms with E-state index in [1.165, 1.54) is 22.5 Å².